The first kappa shape index (κ1) is 17.8. The average molecular weight is 428 g/mol. The maximum atomic E-state index is 6.36. The summed E-state index contributed by atoms with van der Waals surface area (Å²) in [6, 6.07) is 36.8. The molecule has 0 aliphatic rings. The van der Waals surface area contributed by atoms with Gasteiger partial charge in [0.05, 0.1) is 0 Å². The first-order valence-electron chi connectivity index (χ1n) is 10.8. The van der Waals surface area contributed by atoms with Gasteiger partial charge in [-0.15, -0.1) is 0 Å². The maximum Gasteiger partial charge on any atom is 0.0471 e. The Kier molecular flexibility index (Phi) is 3.67. The lowest BCUT2D eigenvalue weighted by Crippen LogP contribution is -1.85. The average Bonchev–Trinajstić information content (AvgIpc) is 3.22. The maximum absolute atomic E-state index is 6.36. The van der Waals surface area contributed by atoms with Gasteiger partial charge in [-0.1, -0.05) is 84.4 Å². The van der Waals surface area contributed by atoms with E-state index < -0.39 is 0 Å². The molecular formula is C30H18ClN. The van der Waals surface area contributed by atoms with Crippen LogP contribution in [0, 0.1) is 0 Å². The third-order valence-corrected chi connectivity index (χ3v) is 6.88. The molecule has 1 heterocycles. The van der Waals surface area contributed by atoms with Crippen LogP contribution in [0.25, 0.3) is 65.3 Å². The number of hydrogen-bond donors (Lipinski definition) is 1. The van der Waals surface area contributed by atoms with Crippen molar-refractivity contribution in [1.82, 2.24) is 4.98 Å². The largest absolute Gasteiger partial charge is 0.354 e. The highest BCUT2D eigenvalue weighted by Gasteiger charge is 2.13. The number of hydrogen-bond acceptors (Lipinski definition) is 0. The van der Waals surface area contributed by atoms with E-state index in [1.165, 1.54) is 48.8 Å². The van der Waals surface area contributed by atoms with Gasteiger partial charge in [-0.2, -0.15) is 0 Å². The molecule has 0 aliphatic heterocycles. The Balaban J connectivity index is 1.61. The van der Waals surface area contributed by atoms with Crippen LogP contribution in [0.5, 0.6) is 0 Å². The fourth-order valence-electron chi connectivity index (χ4n) is 5.24. The van der Waals surface area contributed by atoms with Gasteiger partial charge in [-0.25, -0.2) is 0 Å². The Morgan fingerprint density at radius 2 is 1.12 bits per heavy atom. The summed E-state index contributed by atoms with van der Waals surface area (Å²) in [5.74, 6) is 0. The first-order chi connectivity index (χ1) is 15.8. The summed E-state index contributed by atoms with van der Waals surface area (Å²) in [4.78, 5) is 3.55. The standard InChI is InChI=1S/C30H18ClN/c31-19-13-15-28-27(17-19)30-20(10-5-11-29(30)32-28)18-12-14-25-23-8-2-1-6-21(23)22-7-3-4-9-24(22)26(25)16-18/h1-17,32H. The summed E-state index contributed by atoms with van der Waals surface area (Å²) >= 11 is 6.36. The van der Waals surface area contributed by atoms with Crippen molar-refractivity contribution in [1.29, 1.82) is 0 Å². The Morgan fingerprint density at radius 3 is 1.84 bits per heavy atom. The molecule has 1 N–H and O–H groups in total. The molecule has 6 aromatic carbocycles. The van der Waals surface area contributed by atoms with Crippen molar-refractivity contribution in [3.05, 3.63) is 108 Å². The number of fused-ring (bicyclic) bond motifs is 9. The van der Waals surface area contributed by atoms with Crippen LogP contribution in [-0.2, 0) is 0 Å². The number of aromatic amines is 1. The molecule has 1 nitrogen and oxygen atoms in total. The van der Waals surface area contributed by atoms with Gasteiger partial charge in [-0.05, 0) is 73.8 Å². The number of rotatable bonds is 1. The van der Waals surface area contributed by atoms with E-state index in [1.54, 1.807) is 0 Å². The van der Waals surface area contributed by atoms with Gasteiger partial charge in [-0.3, -0.25) is 0 Å². The molecule has 0 amide bonds. The molecule has 2 heteroatoms. The number of aromatic nitrogens is 1. The lowest BCUT2D eigenvalue weighted by atomic mass is 9.91. The van der Waals surface area contributed by atoms with Crippen LogP contribution in [0.2, 0.25) is 5.02 Å². The van der Waals surface area contributed by atoms with E-state index in [0.717, 1.165) is 21.4 Å². The van der Waals surface area contributed by atoms with E-state index in [1.807, 2.05) is 6.07 Å². The number of nitrogens with one attached hydrogen (secondary N) is 1. The predicted octanol–water partition coefficient (Wildman–Crippen LogP) is 9.10. The molecule has 7 rings (SSSR count). The molecule has 0 bridgehead atoms. The van der Waals surface area contributed by atoms with Crippen LogP contribution in [0.3, 0.4) is 0 Å². The zero-order chi connectivity index (χ0) is 21.2. The second-order valence-corrected chi connectivity index (χ2v) is 8.83. The minimum absolute atomic E-state index is 0.754. The molecule has 0 atom stereocenters. The van der Waals surface area contributed by atoms with Crippen molar-refractivity contribution in [2.24, 2.45) is 0 Å². The molecule has 7 aromatic rings. The Morgan fingerprint density at radius 1 is 0.469 bits per heavy atom. The number of halogens is 1. The van der Waals surface area contributed by atoms with Crippen LogP contribution in [0.1, 0.15) is 0 Å². The van der Waals surface area contributed by atoms with E-state index >= 15 is 0 Å². The van der Waals surface area contributed by atoms with Gasteiger partial charge in [0.2, 0.25) is 0 Å². The molecule has 32 heavy (non-hydrogen) atoms. The van der Waals surface area contributed by atoms with Crippen LogP contribution in [0.15, 0.2) is 103 Å². The molecule has 0 saturated heterocycles. The number of benzene rings is 6. The van der Waals surface area contributed by atoms with Crippen molar-refractivity contribution in [2.75, 3.05) is 0 Å². The lowest BCUT2D eigenvalue weighted by Gasteiger charge is -2.12. The molecule has 0 spiro atoms. The molecular weight excluding hydrogens is 410 g/mol. The minimum Gasteiger partial charge on any atom is -0.354 e. The van der Waals surface area contributed by atoms with Crippen LogP contribution < -0.4 is 0 Å². The van der Waals surface area contributed by atoms with E-state index in [4.69, 9.17) is 11.6 Å². The first-order valence-corrected chi connectivity index (χ1v) is 11.2. The highest BCUT2D eigenvalue weighted by atomic mass is 35.5. The van der Waals surface area contributed by atoms with E-state index in [2.05, 4.69) is 102 Å². The van der Waals surface area contributed by atoms with E-state index in [0.29, 0.717) is 0 Å². The molecule has 0 aliphatic carbocycles. The third-order valence-electron chi connectivity index (χ3n) is 6.64. The summed E-state index contributed by atoms with van der Waals surface area (Å²) in [6.07, 6.45) is 0. The smallest absolute Gasteiger partial charge is 0.0471 e. The summed E-state index contributed by atoms with van der Waals surface area (Å²) in [7, 11) is 0. The third kappa shape index (κ3) is 2.46. The van der Waals surface area contributed by atoms with E-state index in [-0.39, 0.29) is 0 Å². The minimum atomic E-state index is 0.754. The van der Waals surface area contributed by atoms with Gasteiger partial charge >= 0.3 is 0 Å². The van der Waals surface area contributed by atoms with Gasteiger partial charge in [0.15, 0.2) is 0 Å². The summed E-state index contributed by atoms with van der Waals surface area (Å²) in [5, 5.41) is 10.9. The van der Waals surface area contributed by atoms with Gasteiger partial charge in [0, 0.05) is 26.8 Å². The van der Waals surface area contributed by atoms with Gasteiger partial charge in [0.1, 0.15) is 0 Å². The Bertz CT molecular complexity index is 1810. The predicted molar refractivity (Wildman–Crippen MR) is 139 cm³/mol. The second-order valence-electron chi connectivity index (χ2n) is 8.39. The highest BCUT2D eigenvalue weighted by Crippen LogP contribution is 2.40. The fourth-order valence-corrected chi connectivity index (χ4v) is 5.41. The normalized spacial score (nSPS) is 11.9. The second kappa shape index (κ2) is 6.59. The van der Waals surface area contributed by atoms with Crippen molar-refractivity contribution in [3.8, 4) is 11.1 Å². The van der Waals surface area contributed by atoms with E-state index in [9.17, 15) is 0 Å². The molecule has 0 saturated carbocycles. The summed E-state index contributed by atoms with van der Waals surface area (Å²) < 4.78 is 0. The van der Waals surface area contributed by atoms with Gasteiger partial charge in [0.25, 0.3) is 0 Å². The van der Waals surface area contributed by atoms with Crippen LogP contribution >= 0.6 is 11.6 Å². The van der Waals surface area contributed by atoms with Crippen molar-refractivity contribution in [3.63, 3.8) is 0 Å². The summed E-state index contributed by atoms with van der Waals surface area (Å²) in [6.45, 7) is 0. The Hall–Kier alpha value is -3.81. The van der Waals surface area contributed by atoms with Crippen molar-refractivity contribution in [2.45, 2.75) is 0 Å². The molecule has 0 fully saturated rings. The molecule has 0 radical (unpaired) electrons. The van der Waals surface area contributed by atoms with Crippen molar-refractivity contribution < 1.29 is 0 Å². The fraction of sp³-hybridized carbons (Fsp3) is 0. The topological polar surface area (TPSA) is 15.8 Å². The zero-order valence-electron chi connectivity index (χ0n) is 17.2. The number of H-pyrrole nitrogens is 1. The SMILES string of the molecule is Clc1ccc2[nH]c3cccc(-c4ccc5c6ccccc6c6ccccc6c5c4)c3c2c1. The quantitative estimate of drug-likeness (QED) is 0.251. The van der Waals surface area contributed by atoms with Crippen LogP contribution in [0.4, 0.5) is 0 Å². The zero-order valence-corrected chi connectivity index (χ0v) is 17.9. The monoisotopic (exact) mass is 427 g/mol. The molecule has 1 aromatic heterocycles. The summed E-state index contributed by atoms with van der Waals surface area (Å²) in [5.41, 5.74) is 4.66. The van der Waals surface area contributed by atoms with Crippen LogP contribution in [-0.4, -0.2) is 4.98 Å². The molecule has 0 unspecified atom stereocenters. The van der Waals surface area contributed by atoms with Crippen molar-refractivity contribution >= 4 is 65.7 Å². The molecule has 150 valence electrons. The Labute approximate surface area is 189 Å². The highest BCUT2D eigenvalue weighted by molar-refractivity contribution is 6.32. The van der Waals surface area contributed by atoms with Gasteiger partial charge < -0.3 is 4.98 Å². The lowest BCUT2D eigenvalue weighted by molar-refractivity contribution is 1.54.